The molecular formula is C21H22N6O. The molecule has 28 heavy (non-hydrogen) atoms. The maximum atomic E-state index is 5.58. The molecule has 0 unspecified atom stereocenters. The zero-order valence-corrected chi connectivity index (χ0v) is 16.0. The van der Waals surface area contributed by atoms with Gasteiger partial charge in [0.05, 0.1) is 5.69 Å². The first-order valence-electron chi connectivity index (χ1n) is 9.21. The van der Waals surface area contributed by atoms with E-state index < -0.39 is 0 Å². The highest BCUT2D eigenvalue weighted by atomic mass is 16.6. The van der Waals surface area contributed by atoms with Gasteiger partial charge in [-0.15, -0.1) is 5.10 Å². The second-order valence-electron chi connectivity index (χ2n) is 6.12. The summed E-state index contributed by atoms with van der Waals surface area (Å²) in [5, 5.41) is 15.9. The Labute approximate surface area is 164 Å². The smallest absolute Gasteiger partial charge is 0.204 e. The number of nitrogens with zero attached hydrogens (tertiary/aromatic N) is 6. The van der Waals surface area contributed by atoms with Gasteiger partial charge in [0.1, 0.15) is 5.69 Å². The highest BCUT2D eigenvalue weighted by Gasteiger charge is 2.14. The zero-order valence-electron chi connectivity index (χ0n) is 16.0. The summed E-state index contributed by atoms with van der Waals surface area (Å²) in [7, 11) is 1.76. The Kier molecular flexibility index (Phi) is 6.85. The molecule has 3 aromatic rings. The molecule has 142 valence electrons. The fourth-order valence-electron chi connectivity index (χ4n) is 2.46. The highest BCUT2D eigenvalue weighted by Crippen LogP contribution is 2.09. The average Bonchev–Trinajstić information content (AvgIpc) is 3.15. The normalized spacial score (nSPS) is 11.0. The van der Waals surface area contributed by atoms with E-state index in [0.717, 1.165) is 36.2 Å². The fraction of sp³-hybridized carbons (Fsp3) is 0.286. The van der Waals surface area contributed by atoms with Gasteiger partial charge in [0.15, 0.2) is 12.3 Å². The molecule has 3 rings (SSSR count). The lowest BCUT2D eigenvalue weighted by Crippen LogP contribution is -2.12. The zero-order chi connectivity index (χ0) is 19.6. The van der Waals surface area contributed by atoms with E-state index in [2.05, 4.69) is 44.4 Å². The van der Waals surface area contributed by atoms with Gasteiger partial charge in [-0.3, -0.25) is 0 Å². The summed E-state index contributed by atoms with van der Waals surface area (Å²) in [6.45, 7) is 2.38. The Morgan fingerprint density at radius 1 is 1.14 bits per heavy atom. The summed E-state index contributed by atoms with van der Waals surface area (Å²) in [4.78, 5) is 10.1. The first-order valence-corrected chi connectivity index (χ1v) is 9.21. The van der Waals surface area contributed by atoms with Crippen molar-refractivity contribution < 1.29 is 4.84 Å². The fourth-order valence-corrected chi connectivity index (χ4v) is 2.46. The van der Waals surface area contributed by atoms with Gasteiger partial charge in [0, 0.05) is 19.0 Å². The molecule has 7 heteroatoms. The molecule has 0 radical (unpaired) electrons. The van der Waals surface area contributed by atoms with Crippen molar-refractivity contribution in [1.29, 1.82) is 0 Å². The lowest BCUT2D eigenvalue weighted by atomic mass is 10.1. The molecule has 0 saturated carbocycles. The molecule has 2 aromatic heterocycles. The molecule has 0 aliphatic carbocycles. The highest BCUT2D eigenvalue weighted by molar-refractivity contribution is 6.10. The van der Waals surface area contributed by atoms with Crippen molar-refractivity contribution in [3.63, 3.8) is 0 Å². The van der Waals surface area contributed by atoms with Crippen LogP contribution >= 0.6 is 0 Å². The van der Waals surface area contributed by atoms with E-state index in [1.165, 1.54) is 0 Å². The molecule has 0 amide bonds. The lowest BCUT2D eigenvalue weighted by Gasteiger charge is -2.06. The van der Waals surface area contributed by atoms with Crippen molar-refractivity contribution in [2.24, 2.45) is 12.2 Å². The first-order chi connectivity index (χ1) is 13.8. The summed E-state index contributed by atoms with van der Waals surface area (Å²) in [6, 6.07) is 15.4. The Balaban J connectivity index is 1.74. The third kappa shape index (κ3) is 5.24. The molecule has 1 aromatic carbocycles. The third-order valence-electron chi connectivity index (χ3n) is 3.93. The van der Waals surface area contributed by atoms with Crippen LogP contribution in [-0.2, 0) is 18.5 Å². The minimum Gasteiger partial charge on any atom is -0.389 e. The number of aryl methyl sites for hydroxylation is 1. The van der Waals surface area contributed by atoms with Gasteiger partial charge < -0.3 is 4.84 Å². The second-order valence-corrected chi connectivity index (χ2v) is 6.12. The molecule has 0 aliphatic rings. The largest absolute Gasteiger partial charge is 0.389 e. The van der Waals surface area contributed by atoms with E-state index in [4.69, 9.17) is 4.84 Å². The van der Waals surface area contributed by atoms with Crippen molar-refractivity contribution >= 4 is 5.71 Å². The van der Waals surface area contributed by atoms with E-state index >= 15 is 0 Å². The lowest BCUT2D eigenvalue weighted by molar-refractivity contribution is 0.128. The van der Waals surface area contributed by atoms with E-state index in [1.807, 2.05) is 48.5 Å². The van der Waals surface area contributed by atoms with Gasteiger partial charge in [-0.25, -0.2) is 9.67 Å². The Morgan fingerprint density at radius 3 is 2.75 bits per heavy atom. The second kappa shape index (κ2) is 9.97. The predicted octanol–water partition coefficient (Wildman–Crippen LogP) is 3.12. The summed E-state index contributed by atoms with van der Waals surface area (Å²) in [6.07, 6.45) is 3.12. The molecule has 0 fully saturated rings. The molecule has 0 N–H and O–H groups in total. The van der Waals surface area contributed by atoms with Crippen LogP contribution in [-0.4, -0.2) is 30.9 Å². The Hall–Kier alpha value is -3.53. The van der Waals surface area contributed by atoms with Crippen LogP contribution in [0.3, 0.4) is 0 Å². The van der Waals surface area contributed by atoms with E-state index in [1.54, 1.807) is 11.7 Å². The van der Waals surface area contributed by atoms with Crippen LogP contribution in [0.2, 0.25) is 0 Å². The van der Waals surface area contributed by atoms with Gasteiger partial charge >= 0.3 is 0 Å². The topological polar surface area (TPSA) is 78.1 Å². The Morgan fingerprint density at radius 2 is 2.00 bits per heavy atom. The Bertz CT molecular complexity index is 985. The van der Waals surface area contributed by atoms with Gasteiger partial charge in [-0.2, -0.15) is 0 Å². The number of benzene rings is 1. The summed E-state index contributed by atoms with van der Waals surface area (Å²) >= 11 is 0. The molecule has 7 nitrogen and oxygen atoms in total. The number of tetrazole rings is 1. The number of hydrogen-bond acceptors (Lipinski definition) is 6. The van der Waals surface area contributed by atoms with Crippen molar-refractivity contribution in [2.75, 3.05) is 0 Å². The number of rotatable bonds is 7. The number of hydrogen-bond donors (Lipinski definition) is 0. The van der Waals surface area contributed by atoms with Crippen molar-refractivity contribution in [3.8, 4) is 11.8 Å². The van der Waals surface area contributed by atoms with Gasteiger partial charge in [-0.1, -0.05) is 60.8 Å². The van der Waals surface area contributed by atoms with Crippen LogP contribution in [0.15, 0.2) is 53.7 Å². The van der Waals surface area contributed by atoms with E-state index in [-0.39, 0.29) is 6.61 Å². The molecule has 0 spiro atoms. The summed E-state index contributed by atoms with van der Waals surface area (Å²) in [5.74, 6) is 6.76. The number of pyridine rings is 1. The van der Waals surface area contributed by atoms with Gasteiger partial charge in [-0.05, 0) is 34.9 Å². The monoisotopic (exact) mass is 374 g/mol. The molecule has 0 bridgehead atoms. The van der Waals surface area contributed by atoms with Crippen LogP contribution in [0, 0.1) is 11.8 Å². The van der Waals surface area contributed by atoms with Crippen LogP contribution in [0.1, 0.15) is 49.0 Å². The molecule has 2 heterocycles. The number of unbranched alkanes of at least 4 members (excludes halogenated alkanes) is 2. The average molecular weight is 374 g/mol. The molecule has 0 aliphatic heterocycles. The van der Waals surface area contributed by atoms with E-state index in [9.17, 15) is 0 Å². The minimum absolute atomic E-state index is 0.228. The molecular weight excluding hydrogens is 352 g/mol. The quantitative estimate of drug-likeness (QED) is 0.275. The maximum Gasteiger partial charge on any atom is 0.204 e. The van der Waals surface area contributed by atoms with E-state index in [0.29, 0.717) is 11.5 Å². The van der Waals surface area contributed by atoms with Crippen LogP contribution < -0.4 is 0 Å². The van der Waals surface area contributed by atoms with Gasteiger partial charge in [0.2, 0.25) is 5.82 Å². The first kappa shape index (κ1) is 19.2. The van der Waals surface area contributed by atoms with Crippen LogP contribution in [0.4, 0.5) is 0 Å². The van der Waals surface area contributed by atoms with Gasteiger partial charge in [0.25, 0.3) is 0 Å². The number of aromatic nitrogens is 5. The molecule has 0 atom stereocenters. The van der Waals surface area contributed by atoms with Crippen LogP contribution in [0.25, 0.3) is 0 Å². The van der Waals surface area contributed by atoms with Crippen molar-refractivity contribution in [1.82, 2.24) is 25.2 Å². The summed E-state index contributed by atoms with van der Waals surface area (Å²) in [5.41, 5.74) is 2.92. The summed E-state index contributed by atoms with van der Waals surface area (Å²) < 4.78 is 1.56. The molecule has 0 saturated heterocycles. The van der Waals surface area contributed by atoms with Crippen molar-refractivity contribution in [3.05, 3.63) is 71.3 Å². The number of oxime groups is 1. The minimum atomic E-state index is 0.228. The van der Waals surface area contributed by atoms with Crippen LogP contribution in [0.5, 0.6) is 0 Å². The standard InChI is InChI=1S/C21H22N6O/c1-3-4-5-9-13-18-14-10-15-19(22-18)16-28-24-20(17-11-7-6-8-12-17)21-23-25-26-27(21)2/h6-8,10-12,14-15H,3-5,16H2,1-2H3. The van der Waals surface area contributed by atoms with Crippen molar-refractivity contribution in [2.45, 2.75) is 32.8 Å². The maximum absolute atomic E-state index is 5.58. The predicted molar refractivity (Wildman–Crippen MR) is 106 cm³/mol. The SMILES string of the molecule is CCCCC#Cc1cccc(CON=C(c2ccccc2)c2nnnn2C)n1. The third-order valence-corrected chi connectivity index (χ3v) is 3.93.